The molecule has 3 aromatic heterocycles. The second-order valence-corrected chi connectivity index (χ2v) is 14.0. The zero-order valence-electron chi connectivity index (χ0n) is 29.5. The lowest BCUT2D eigenvalue weighted by atomic mass is 9.99. The van der Waals surface area contributed by atoms with Crippen LogP contribution in [0.2, 0.25) is 0 Å². The van der Waals surface area contributed by atoms with Gasteiger partial charge < -0.3 is 13.7 Å². The molecule has 8 aromatic carbocycles. The first kappa shape index (κ1) is 30.7. The summed E-state index contributed by atoms with van der Waals surface area (Å²) in [5.74, 6) is 0. The predicted octanol–water partition coefficient (Wildman–Crippen LogP) is 12.4. The van der Waals surface area contributed by atoms with E-state index in [4.69, 9.17) is 0 Å². The summed E-state index contributed by atoms with van der Waals surface area (Å²) >= 11 is 0. The van der Waals surface area contributed by atoms with Crippen LogP contribution in [0.15, 0.2) is 176 Å². The fourth-order valence-corrected chi connectivity index (χ4v) is 8.76. The number of aromatic nitrogens is 3. The summed E-state index contributed by atoms with van der Waals surface area (Å²) in [7, 11) is 0. The van der Waals surface area contributed by atoms with Crippen LogP contribution in [0.25, 0.3) is 93.6 Å². The van der Waals surface area contributed by atoms with Crippen molar-refractivity contribution in [3.8, 4) is 40.3 Å². The molecule has 0 N–H and O–H groups in total. The Bertz CT molecular complexity index is 3350. The van der Waals surface area contributed by atoms with Gasteiger partial charge in [-0.05, 0) is 78.4 Å². The highest BCUT2D eigenvalue weighted by Gasteiger charge is 2.20. The van der Waals surface area contributed by atoms with E-state index in [2.05, 4.69) is 177 Å². The fraction of sp³-hybridized carbons (Fsp3) is 0. The lowest BCUT2D eigenvalue weighted by Gasteiger charge is -2.16. The Morgan fingerprint density at radius 1 is 0.345 bits per heavy atom. The van der Waals surface area contributed by atoms with E-state index >= 15 is 0 Å². The first-order chi connectivity index (χ1) is 27.2. The molecule has 0 saturated carbocycles. The number of para-hydroxylation sites is 5. The molecular weight excluding hydrogens is 671 g/mol. The van der Waals surface area contributed by atoms with E-state index in [9.17, 15) is 10.5 Å². The number of nitriles is 2. The lowest BCUT2D eigenvalue weighted by Crippen LogP contribution is -2.01. The van der Waals surface area contributed by atoms with Gasteiger partial charge in [0.05, 0.1) is 56.0 Å². The summed E-state index contributed by atoms with van der Waals surface area (Å²) < 4.78 is 6.88. The third-order valence-electron chi connectivity index (χ3n) is 11.1. The van der Waals surface area contributed by atoms with Gasteiger partial charge in [-0.25, -0.2) is 0 Å². The van der Waals surface area contributed by atoms with Gasteiger partial charge in [0.25, 0.3) is 0 Å². The Labute approximate surface area is 316 Å². The van der Waals surface area contributed by atoms with Crippen molar-refractivity contribution in [2.45, 2.75) is 0 Å². The van der Waals surface area contributed by atoms with Gasteiger partial charge in [-0.15, -0.1) is 0 Å². The molecule has 3 heterocycles. The van der Waals surface area contributed by atoms with Gasteiger partial charge >= 0.3 is 0 Å². The van der Waals surface area contributed by atoms with Crippen molar-refractivity contribution >= 4 is 65.4 Å². The number of benzene rings is 8. The SMILES string of the molecule is N#Cc1ccc2c(c1)c1ccc(-n3c4ccccc4c4ccccc43)cc1n2-c1ccc(-c2cccc(C#N)c2-n2c3ccccc3c3ccccc32)cc1. The largest absolute Gasteiger partial charge is 0.309 e. The zero-order chi connectivity index (χ0) is 36.6. The normalized spacial score (nSPS) is 11.6. The van der Waals surface area contributed by atoms with Crippen molar-refractivity contribution in [3.63, 3.8) is 0 Å². The van der Waals surface area contributed by atoms with Crippen molar-refractivity contribution in [2.24, 2.45) is 0 Å². The second kappa shape index (κ2) is 11.8. The standard InChI is InChI=1S/C50H29N5/c51-30-32-20-27-48-43(28-32)42-26-25-36(54-44-16-5-1-11-38(44)39-12-2-6-17-45(39)54)29-49(42)53(48)35-23-21-33(22-24-35)37-15-9-10-34(31-52)50(37)55-46-18-7-3-13-40(46)41-14-4-8-19-47(41)55/h1-29H. The van der Waals surface area contributed by atoms with Crippen LogP contribution in [0, 0.1) is 22.7 Å². The highest BCUT2D eigenvalue weighted by molar-refractivity contribution is 6.13. The molecule has 5 heteroatoms. The molecule has 11 rings (SSSR count). The second-order valence-electron chi connectivity index (χ2n) is 14.0. The molecule has 0 bridgehead atoms. The van der Waals surface area contributed by atoms with Gasteiger partial charge in [-0.2, -0.15) is 10.5 Å². The van der Waals surface area contributed by atoms with Crippen LogP contribution >= 0.6 is 0 Å². The first-order valence-corrected chi connectivity index (χ1v) is 18.3. The Hall–Kier alpha value is -7.86. The molecule has 254 valence electrons. The van der Waals surface area contributed by atoms with E-state index in [1.807, 2.05) is 24.3 Å². The number of rotatable bonds is 4. The van der Waals surface area contributed by atoms with E-state index in [1.54, 1.807) is 0 Å². The fourth-order valence-electron chi connectivity index (χ4n) is 8.76. The third-order valence-corrected chi connectivity index (χ3v) is 11.1. The maximum atomic E-state index is 10.5. The molecule has 0 saturated heterocycles. The van der Waals surface area contributed by atoms with E-state index in [1.165, 1.54) is 10.8 Å². The molecule has 0 atom stereocenters. The number of hydrogen-bond acceptors (Lipinski definition) is 2. The van der Waals surface area contributed by atoms with Crippen LogP contribution in [0.5, 0.6) is 0 Å². The molecular formula is C50H29N5. The third kappa shape index (κ3) is 4.45. The van der Waals surface area contributed by atoms with Gasteiger partial charge in [-0.3, -0.25) is 0 Å². The first-order valence-electron chi connectivity index (χ1n) is 18.3. The van der Waals surface area contributed by atoms with Crippen molar-refractivity contribution in [1.29, 1.82) is 10.5 Å². The van der Waals surface area contributed by atoms with Crippen LogP contribution in [-0.4, -0.2) is 13.7 Å². The summed E-state index contributed by atoms with van der Waals surface area (Å²) in [4.78, 5) is 0. The van der Waals surface area contributed by atoms with Crippen molar-refractivity contribution < 1.29 is 0 Å². The molecule has 0 aliphatic rings. The van der Waals surface area contributed by atoms with Gasteiger partial charge in [0.15, 0.2) is 0 Å². The monoisotopic (exact) mass is 699 g/mol. The van der Waals surface area contributed by atoms with Crippen LogP contribution < -0.4 is 0 Å². The Kier molecular flexibility index (Phi) is 6.61. The van der Waals surface area contributed by atoms with Crippen LogP contribution in [0.4, 0.5) is 0 Å². The smallest absolute Gasteiger partial charge is 0.101 e. The Morgan fingerprint density at radius 2 is 0.855 bits per heavy atom. The molecule has 0 amide bonds. The molecule has 0 spiro atoms. The van der Waals surface area contributed by atoms with E-state index < -0.39 is 0 Å². The van der Waals surface area contributed by atoms with E-state index in [0.29, 0.717) is 11.1 Å². The average molecular weight is 700 g/mol. The van der Waals surface area contributed by atoms with Gasteiger partial charge in [0, 0.05) is 49.3 Å². The Morgan fingerprint density at radius 3 is 1.44 bits per heavy atom. The van der Waals surface area contributed by atoms with Crippen molar-refractivity contribution in [2.75, 3.05) is 0 Å². The molecule has 55 heavy (non-hydrogen) atoms. The van der Waals surface area contributed by atoms with Crippen molar-refractivity contribution in [3.05, 3.63) is 187 Å². The summed E-state index contributed by atoms with van der Waals surface area (Å²) in [5, 5.41) is 27.2. The summed E-state index contributed by atoms with van der Waals surface area (Å²) in [6.07, 6.45) is 0. The molecule has 0 aliphatic carbocycles. The minimum atomic E-state index is 0.612. The van der Waals surface area contributed by atoms with Gasteiger partial charge in [0.1, 0.15) is 6.07 Å². The topological polar surface area (TPSA) is 62.4 Å². The number of hydrogen-bond donors (Lipinski definition) is 0. The lowest BCUT2D eigenvalue weighted by molar-refractivity contribution is 1.15. The molecule has 0 aliphatic heterocycles. The summed E-state index contributed by atoms with van der Waals surface area (Å²) in [6, 6.07) is 65.9. The maximum absolute atomic E-state index is 10.5. The molecule has 0 radical (unpaired) electrons. The maximum Gasteiger partial charge on any atom is 0.101 e. The minimum Gasteiger partial charge on any atom is -0.309 e. The summed E-state index contributed by atoms with van der Waals surface area (Å²) in [6.45, 7) is 0. The molecule has 0 fully saturated rings. The van der Waals surface area contributed by atoms with E-state index in [-0.39, 0.29) is 0 Å². The van der Waals surface area contributed by atoms with Gasteiger partial charge in [-0.1, -0.05) is 103 Å². The van der Waals surface area contributed by atoms with E-state index in [0.717, 1.165) is 82.8 Å². The Balaban J connectivity index is 1.12. The van der Waals surface area contributed by atoms with Crippen LogP contribution in [-0.2, 0) is 0 Å². The highest BCUT2D eigenvalue weighted by Crippen LogP contribution is 2.40. The van der Waals surface area contributed by atoms with Gasteiger partial charge in [0.2, 0.25) is 0 Å². The molecule has 11 aromatic rings. The predicted molar refractivity (Wildman–Crippen MR) is 224 cm³/mol. The number of fused-ring (bicyclic) bond motifs is 9. The summed E-state index contributed by atoms with van der Waals surface area (Å²) in [5.41, 5.74) is 12.7. The average Bonchev–Trinajstić information content (AvgIpc) is 3.88. The van der Waals surface area contributed by atoms with Crippen LogP contribution in [0.3, 0.4) is 0 Å². The minimum absolute atomic E-state index is 0.612. The zero-order valence-corrected chi connectivity index (χ0v) is 29.5. The quantitative estimate of drug-likeness (QED) is 0.184. The number of nitrogens with zero attached hydrogens (tertiary/aromatic N) is 5. The molecule has 0 unspecified atom stereocenters. The van der Waals surface area contributed by atoms with Crippen molar-refractivity contribution in [1.82, 2.24) is 13.7 Å². The highest BCUT2D eigenvalue weighted by atomic mass is 15.0. The molecule has 5 nitrogen and oxygen atoms in total. The van der Waals surface area contributed by atoms with Crippen LogP contribution in [0.1, 0.15) is 11.1 Å².